The first-order valence-electron chi connectivity index (χ1n) is 6.90. The zero-order valence-electron chi connectivity index (χ0n) is 11.2. The molecule has 106 valence electrons. The lowest BCUT2D eigenvalue weighted by Gasteiger charge is -2.22. The predicted octanol–water partition coefficient (Wildman–Crippen LogP) is 2.95. The van der Waals surface area contributed by atoms with E-state index in [2.05, 4.69) is 0 Å². The monoisotopic (exact) mass is 268 g/mol. The Bertz CT molecular complexity index is 420. The number of rotatable bonds is 3. The van der Waals surface area contributed by atoms with Crippen LogP contribution in [0, 0.1) is 5.82 Å². The molecule has 2 rings (SSSR count). The molecule has 1 saturated carbocycles. The summed E-state index contributed by atoms with van der Waals surface area (Å²) in [5.74, 6) is -0.342. The Morgan fingerprint density at radius 1 is 1.26 bits per heavy atom. The fourth-order valence-electron chi connectivity index (χ4n) is 2.43. The normalized spacial score (nSPS) is 25.7. The van der Waals surface area contributed by atoms with Gasteiger partial charge in [0.05, 0.1) is 12.2 Å². The lowest BCUT2D eigenvalue weighted by molar-refractivity contribution is 0.0297. The van der Waals surface area contributed by atoms with Crippen LogP contribution in [0.4, 0.5) is 4.39 Å². The maximum Gasteiger partial charge on any atom is 0.165 e. The number of halogens is 1. The molecule has 0 saturated heterocycles. The summed E-state index contributed by atoms with van der Waals surface area (Å²) < 4.78 is 19.5. The zero-order chi connectivity index (χ0) is 13.8. The average Bonchev–Trinajstić information content (AvgIpc) is 2.57. The molecule has 3 nitrogen and oxygen atoms in total. The van der Waals surface area contributed by atoms with Crippen LogP contribution < -0.4 is 4.74 Å². The number of ether oxygens (including phenoxy) is 1. The molecule has 0 aromatic heterocycles. The van der Waals surface area contributed by atoms with Gasteiger partial charge in [-0.25, -0.2) is 4.39 Å². The van der Waals surface area contributed by atoms with Crippen molar-refractivity contribution >= 4 is 0 Å². The molecule has 0 radical (unpaired) electrons. The molecule has 1 fully saturated rings. The van der Waals surface area contributed by atoms with Gasteiger partial charge in [-0.05, 0) is 43.9 Å². The highest BCUT2D eigenvalue weighted by molar-refractivity contribution is 5.30. The van der Waals surface area contributed by atoms with Crippen molar-refractivity contribution in [2.45, 2.75) is 57.3 Å². The van der Waals surface area contributed by atoms with Gasteiger partial charge in [0.2, 0.25) is 0 Å². The highest BCUT2D eigenvalue weighted by atomic mass is 19.1. The molecule has 2 unspecified atom stereocenters. The van der Waals surface area contributed by atoms with Crippen LogP contribution in [0.5, 0.6) is 5.75 Å². The first-order valence-corrected chi connectivity index (χ1v) is 6.90. The third-order valence-electron chi connectivity index (χ3n) is 3.63. The summed E-state index contributed by atoms with van der Waals surface area (Å²) in [6, 6.07) is 4.45. The van der Waals surface area contributed by atoms with Crippen LogP contribution in [0.25, 0.3) is 0 Å². The summed E-state index contributed by atoms with van der Waals surface area (Å²) in [7, 11) is 0. The van der Waals surface area contributed by atoms with E-state index in [4.69, 9.17) is 4.74 Å². The number of hydrogen-bond donors (Lipinski definition) is 2. The largest absolute Gasteiger partial charge is 0.485 e. The first kappa shape index (κ1) is 14.3. The Hall–Kier alpha value is -1.13. The fraction of sp³-hybridized carbons (Fsp3) is 0.600. The van der Waals surface area contributed by atoms with E-state index < -0.39 is 18.0 Å². The minimum atomic E-state index is -0.702. The summed E-state index contributed by atoms with van der Waals surface area (Å²) in [5.41, 5.74) is 0.520. The van der Waals surface area contributed by atoms with Crippen LogP contribution in [0.2, 0.25) is 0 Å². The summed E-state index contributed by atoms with van der Waals surface area (Å²) in [4.78, 5) is 0. The first-order chi connectivity index (χ1) is 9.08. The second kappa shape index (κ2) is 6.35. The van der Waals surface area contributed by atoms with Crippen molar-refractivity contribution in [3.63, 3.8) is 0 Å². The van der Waals surface area contributed by atoms with Gasteiger partial charge < -0.3 is 14.9 Å². The summed E-state index contributed by atoms with van der Waals surface area (Å²) in [5, 5.41) is 19.3. The molecule has 3 atom stereocenters. The molecular formula is C15H21FO3. The minimum absolute atomic E-state index is 0.148. The van der Waals surface area contributed by atoms with E-state index >= 15 is 0 Å². The zero-order valence-corrected chi connectivity index (χ0v) is 11.2. The van der Waals surface area contributed by atoms with E-state index in [1.165, 1.54) is 12.1 Å². The molecule has 0 spiro atoms. The number of aliphatic hydroxyl groups is 2. The van der Waals surface area contributed by atoms with E-state index in [0.29, 0.717) is 12.0 Å². The SMILES string of the molecule is C[C@@H](O)c1ccc(OC2CCCCCC2O)c(F)c1. The van der Waals surface area contributed by atoms with Crippen molar-refractivity contribution in [2.24, 2.45) is 0 Å². The minimum Gasteiger partial charge on any atom is -0.485 e. The average molecular weight is 268 g/mol. The van der Waals surface area contributed by atoms with Gasteiger partial charge in [0, 0.05) is 0 Å². The maximum atomic E-state index is 13.9. The van der Waals surface area contributed by atoms with E-state index in [1.807, 2.05) is 0 Å². The molecule has 0 bridgehead atoms. The maximum absolute atomic E-state index is 13.9. The van der Waals surface area contributed by atoms with Crippen LogP contribution in [0.3, 0.4) is 0 Å². The van der Waals surface area contributed by atoms with Crippen molar-refractivity contribution in [2.75, 3.05) is 0 Å². The lowest BCUT2D eigenvalue weighted by Crippen LogP contribution is -2.30. The molecule has 0 heterocycles. The third kappa shape index (κ3) is 3.67. The third-order valence-corrected chi connectivity index (χ3v) is 3.63. The van der Waals surface area contributed by atoms with Crippen molar-refractivity contribution in [3.8, 4) is 5.75 Å². The number of hydrogen-bond acceptors (Lipinski definition) is 3. The quantitative estimate of drug-likeness (QED) is 0.829. The standard InChI is InChI=1S/C15H21FO3/c1-10(17)11-7-8-14(12(16)9-11)19-15-6-4-2-3-5-13(15)18/h7-10,13,15,17-18H,2-6H2,1H3/t10-,13?,15?/m1/s1. The van der Waals surface area contributed by atoms with Gasteiger partial charge in [0.1, 0.15) is 6.10 Å². The lowest BCUT2D eigenvalue weighted by atomic mass is 10.1. The van der Waals surface area contributed by atoms with Crippen LogP contribution in [0.1, 0.15) is 50.7 Å². The Morgan fingerprint density at radius 3 is 2.68 bits per heavy atom. The van der Waals surface area contributed by atoms with E-state index in [0.717, 1.165) is 25.7 Å². The molecule has 1 aromatic rings. The molecular weight excluding hydrogens is 247 g/mol. The van der Waals surface area contributed by atoms with Gasteiger partial charge in [-0.1, -0.05) is 18.9 Å². The highest BCUT2D eigenvalue weighted by Crippen LogP contribution is 2.27. The number of benzene rings is 1. The molecule has 1 aromatic carbocycles. The Labute approximate surface area is 113 Å². The van der Waals surface area contributed by atoms with Crippen LogP contribution in [-0.2, 0) is 0 Å². The highest BCUT2D eigenvalue weighted by Gasteiger charge is 2.24. The summed E-state index contributed by atoms with van der Waals surface area (Å²) in [6.45, 7) is 1.59. The van der Waals surface area contributed by atoms with Crippen molar-refractivity contribution in [1.29, 1.82) is 0 Å². The molecule has 19 heavy (non-hydrogen) atoms. The topological polar surface area (TPSA) is 49.7 Å². The second-order valence-corrected chi connectivity index (χ2v) is 5.23. The molecule has 0 aliphatic heterocycles. The van der Waals surface area contributed by atoms with Gasteiger partial charge in [-0.3, -0.25) is 0 Å². The molecule has 1 aliphatic carbocycles. The smallest absolute Gasteiger partial charge is 0.165 e. The molecule has 0 amide bonds. The predicted molar refractivity (Wildman–Crippen MR) is 70.5 cm³/mol. The Balaban J connectivity index is 2.09. The van der Waals surface area contributed by atoms with E-state index in [9.17, 15) is 14.6 Å². The van der Waals surface area contributed by atoms with Gasteiger partial charge >= 0.3 is 0 Å². The molecule has 1 aliphatic rings. The Kier molecular flexibility index (Phi) is 4.77. The van der Waals surface area contributed by atoms with Crippen molar-refractivity contribution in [3.05, 3.63) is 29.6 Å². The summed E-state index contributed by atoms with van der Waals surface area (Å²) in [6.07, 6.45) is 2.95. The molecule has 2 N–H and O–H groups in total. The van der Waals surface area contributed by atoms with Crippen LogP contribution in [0.15, 0.2) is 18.2 Å². The fourth-order valence-corrected chi connectivity index (χ4v) is 2.43. The van der Waals surface area contributed by atoms with Gasteiger partial charge in [-0.2, -0.15) is 0 Å². The Morgan fingerprint density at radius 2 is 2.00 bits per heavy atom. The number of aliphatic hydroxyl groups excluding tert-OH is 2. The second-order valence-electron chi connectivity index (χ2n) is 5.23. The summed E-state index contributed by atoms with van der Waals surface area (Å²) >= 11 is 0. The van der Waals surface area contributed by atoms with E-state index in [-0.39, 0.29) is 11.9 Å². The van der Waals surface area contributed by atoms with Gasteiger partial charge in [-0.15, -0.1) is 0 Å². The van der Waals surface area contributed by atoms with E-state index in [1.54, 1.807) is 13.0 Å². The van der Waals surface area contributed by atoms with Crippen LogP contribution in [-0.4, -0.2) is 22.4 Å². The van der Waals surface area contributed by atoms with Crippen molar-refractivity contribution in [1.82, 2.24) is 0 Å². The molecule has 4 heteroatoms. The van der Waals surface area contributed by atoms with Gasteiger partial charge in [0.15, 0.2) is 11.6 Å². The van der Waals surface area contributed by atoms with Gasteiger partial charge in [0.25, 0.3) is 0 Å². The van der Waals surface area contributed by atoms with Crippen LogP contribution >= 0.6 is 0 Å². The van der Waals surface area contributed by atoms with Crippen molar-refractivity contribution < 1.29 is 19.3 Å².